The molecule has 5 nitrogen and oxygen atoms in total. The first-order valence-electron chi connectivity index (χ1n) is 3.38. The second kappa shape index (κ2) is 5.09. The zero-order valence-corrected chi connectivity index (χ0v) is 7.29. The van der Waals surface area contributed by atoms with Gasteiger partial charge in [-0.15, -0.1) is 0 Å². The fraction of sp³-hybridized carbons (Fsp3) is 0.833. The van der Waals surface area contributed by atoms with E-state index in [1.54, 1.807) is 6.07 Å². The summed E-state index contributed by atoms with van der Waals surface area (Å²) < 4.78 is 21.9. The lowest BCUT2D eigenvalue weighted by molar-refractivity contribution is 0.112. The van der Waals surface area contributed by atoms with Crippen LogP contribution in [0.1, 0.15) is 6.42 Å². The Labute approximate surface area is 71.2 Å². The Morgan fingerprint density at radius 1 is 1.50 bits per heavy atom. The van der Waals surface area contributed by atoms with Crippen molar-refractivity contribution in [2.75, 3.05) is 18.1 Å². The first kappa shape index (κ1) is 11.4. The van der Waals surface area contributed by atoms with Crippen molar-refractivity contribution >= 4 is 9.84 Å². The monoisotopic (exact) mass is 193 g/mol. The second-order valence-electron chi connectivity index (χ2n) is 2.36. The van der Waals surface area contributed by atoms with E-state index in [-0.39, 0.29) is 12.2 Å². The molecule has 0 fully saturated rings. The molecule has 6 heteroatoms. The molecule has 0 spiro atoms. The molecule has 70 valence electrons. The lowest BCUT2D eigenvalue weighted by Crippen LogP contribution is -2.25. The number of nitriles is 1. The number of hydrogen-bond acceptors (Lipinski definition) is 5. The number of aliphatic hydroxyl groups excluding tert-OH is 2. The van der Waals surface area contributed by atoms with Gasteiger partial charge in [-0.05, 0) is 0 Å². The summed E-state index contributed by atoms with van der Waals surface area (Å²) in [6.45, 7) is -0.578. The summed E-state index contributed by atoms with van der Waals surface area (Å²) in [4.78, 5) is 0. The normalized spacial score (nSPS) is 13.8. The van der Waals surface area contributed by atoms with Gasteiger partial charge in [0.05, 0.1) is 30.3 Å². The average molecular weight is 193 g/mol. The molecule has 0 bridgehead atoms. The molecule has 0 aliphatic carbocycles. The van der Waals surface area contributed by atoms with E-state index in [1.165, 1.54) is 0 Å². The molecule has 0 heterocycles. The topological polar surface area (TPSA) is 98.4 Å². The summed E-state index contributed by atoms with van der Waals surface area (Å²) in [6.07, 6.45) is -1.32. The van der Waals surface area contributed by atoms with Crippen LogP contribution in [0.15, 0.2) is 0 Å². The first-order chi connectivity index (χ1) is 5.52. The largest absolute Gasteiger partial charge is 0.394 e. The third-order valence-electron chi connectivity index (χ3n) is 1.18. The number of sulfone groups is 1. The molecule has 0 aliphatic rings. The third kappa shape index (κ3) is 5.07. The van der Waals surface area contributed by atoms with Crippen LogP contribution in [0.25, 0.3) is 0 Å². The summed E-state index contributed by atoms with van der Waals surface area (Å²) in [5.41, 5.74) is 0. The summed E-state index contributed by atoms with van der Waals surface area (Å²) in [5, 5.41) is 25.2. The van der Waals surface area contributed by atoms with E-state index in [0.717, 1.165) is 0 Å². The van der Waals surface area contributed by atoms with Crippen LogP contribution in [0.5, 0.6) is 0 Å². The molecule has 0 aromatic rings. The first-order valence-corrected chi connectivity index (χ1v) is 5.20. The van der Waals surface area contributed by atoms with Crippen LogP contribution in [0.2, 0.25) is 0 Å². The van der Waals surface area contributed by atoms with Crippen LogP contribution in [-0.2, 0) is 9.84 Å². The standard InChI is InChI=1S/C6H11NO4S/c7-2-1-3-12(10,11)5-6(9)4-8/h6,8-9H,1,3-5H2. The Hall–Kier alpha value is -0.640. The van der Waals surface area contributed by atoms with Gasteiger partial charge < -0.3 is 10.2 Å². The zero-order valence-electron chi connectivity index (χ0n) is 6.47. The minimum Gasteiger partial charge on any atom is -0.394 e. The lowest BCUT2D eigenvalue weighted by Gasteiger charge is -2.05. The van der Waals surface area contributed by atoms with Crippen molar-refractivity contribution in [3.05, 3.63) is 0 Å². The number of hydrogen-bond donors (Lipinski definition) is 2. The van der Waals surface area contributed by atoms with E-state index in [1.807, 2.05) is 0 Å². The van der Waals surface area contributed by atoms with Crippen molar-refractivity contribution in [1.29, 1.82) is 5.26 Å². The second-order valence-corrected chi connectivity index (χ2v) is 4.59. The highest BCUT2D eigenvalue weighted by Crippen LogP contribution is 1.96. The molecule has 0 aliphatic heterocycles. The van der Waals surface area contributed by atoms with Crippen LogP contribution in [-0.4, -0.2) is 42.8 Å². The third-order valence-corrected chi connectivity index (χ3v) is 2.90. The molecule has 0 saturated carbocycles. The molecular weight excluding hydrogens is 182 g/mol. The van der Waals surface area contributed by atoms with E-state index in [9.17, 15) is 8.42 Å². The van der Waals surface area contributed by atoms with Crippen LogP contribution in [0.4, 0.5) is 0 Å². The van der Waals surface area contributed by atoms with Crippen molar-refractivity contribution in [3.63, 3.8) is 0 Å². The van der Waals surface area contributed by atoms with Crippen LogP contribution in [0, 0.1) is 11.3 Å². The van der Waals surface area contributed by atoms with Crippen molar-refractivity contribution in [1.82, 2.24) is 0 Å². The van der Waals surface area contributed by atoms with Crippen molar-refractivity contribution in [2.24, 2.45) is 0 Å². The van der Waals surface area contributed by atoms with Crippen LogP contribution >= 0.6 is 0 Å². The maximum Gasteiger partial charge on any atom is 0.153 e. The summed E-state index contributed by atoms with van der Waals surface area (Å²) in [6, 6.07) is 1.69. The van der Waals surface area contributed by atoms with Crippen molar-refractivity contribution < 1.29 is 18.6 Å². The van der Waals surface area contributed by atoms with Crippen LogP contribution in [0.3, 0.4) is 0 Å². The molecule has 1 unspecified atom stereocenters. The Balaban J connectivity index is 3.98. The van der Waals surface area contributed by atoms with E-state index >= 15 is 0 Å². The Morgan fingerprint density at radius 3 is 2.50 bits per heavy atom. The molecule has 0 aromatic carbocycles. The molecule has 0 radical (unpaired) electrons. The fourth-order valence-electron chi connectivity index (χ4n) is 0.630. The molecule has 1 atom stereocenters. The maximum absolute atomic E-state index is 10.9. The van der Waals surface area contributed by atoms with Gasteiger partial charge in [-0.2, -0.15) is 5.26 Å². The van der Waals surface area contributed by atoms with Gasteiger partial charge in [-0.3, -0.25) is 0 Å². The van der Waals surface area contributed by atoms with Gasteiger partial charge in [0.1, 0.15) is 0 Å². The smallest absolute Gasteiger partial charge is 0.153 e. The molecule has 0 aromatic heterocycles. The highest BCUT2D eigenvalue weighted by molar-refractivity contribution is 7.91. The van der Waals surface area contributed by atoms with Gasteiger partial charge in [0.25, 0.3) is 0 Å². The van der Waals surface area contributed by atoms with Crippen molar-refractivity contribution in [3.8, 4) is 6.07 Å². The molecular formula is C6H11NO4S. The predicted octanol–water partition coefficient (Wildman–Crippen LogP) is -1.33. The Morgan fingerprint density at radius 2 is 2.08 bits per heavy atom. The van der Waals surface area contributed by atoms with Gasteiger partial charge >= 0.3 is 0 Å². The van der Waals surface area contributed by atoms with Gasteiger partial charge in [-0.25, -0.2) is 8.42 Å². The van der Waals surface area contributed by atoms with E-state index in [0.29, 0.717) is 0 Å². The predicted molar refractivity (Wildman–Crippen MR) is 42.0 cm³/mol. The molecule has 0 saturated heterocycles. The molecule has 2 N–H and O–H groups in total. The van der Waals surface area contributed by atoms with Crippen molar-refractivity contribution in [2.45, 2.75) is 12.5 Å². The van der Waals surface area contributed by atoms with Gasteiger partial charge in [0.2, 0.25) is 0 Å². The highest BCUT2D eigenvalue weighted by Gasteiger charge is 2.15. The zero-order chi connectivity index (χ0) is 9.61. The summed E-state index contributed by atoms with van der Waals surface area (Å²) in [7, 11) is -3.39. The van der Waals surface area contributed by atoms with E-state index < -0.39 is 28.3 Å². The average Bonchev–Trinajstić information content (AvgIpc) is 2.00. The lowest BCUT2D eigenvalue weighted by atomic mass is 10.4. The fourth-order valence-corrected chi connectivity index (χ4v) is 1.89. The van der Waals surface area contributed by atoms with Gasteiger partial charge in [0.15, 0.2) is 9.84 Å². The van der Waals surface area contributed by atoms with Gasteiger partial charge in [0, 0.05) is 6.42 Å². The minimum atomic E-state index is -3.39. The summed E-state index contributed by atoms with van der Waals surface area (Å²) >= 11 is 0. The molecule has 0 rings (SSSR count). The molecule has 12 heavy (non-hydrogen) atoms. The Bertz CT molecular complexity index is 253. The minimum absolute atomic E-state index is 0.0829. The highest BCUT2D eigenvalue weighted by atomic mass is 32.2. The Kier molecular flexibility index (Phi) is 4.81. The maximum atomic E-state index is 10.9. The number of aliphatic hydroxyl groups is 2. The summed E-state index contributed by atoms with van der Waals surface area (Å²) in [5.74, 6) is -0.744. The van der Waals surface area contributed by atoms with E-state index in [4.69, 9.17) is 15.5 Å². The van der Waals surface area contributed by atoms with E-state index in [2.05, 4.69) is 0 Å². The number of rotatable bonds is 5. The quantitative estimate of drug-likeness (QED) is 0.563. The number of nitrogens with zero attached hydrogens (tertiary/aromatic N) is 1. The van der Waals surface area contributed by atoms with Crippen LogP contribution < -0.4 is 0 Å². The molecule has 0 amide bonds. The van der Waals surface area contributed by atoms with Gasteiger partial charge in [-0.1, -0.05) is 0 Å². The SMILES string of the molecule is N#CCCS(=O)(=O)CC(O)CO.